The molecule has 3 aromatic rings. The first kappa shape index (κ1) is 9.78. The quantitative estimate of drug-likeness (QED) is 0.677. The van der Waals surface area contributed by atoms with Crippen molar-refractivity contribution in [1.82, 2.24) is 9.97 Å². The van der Waals surface area contributed by atoms with Gasteiger partial charge in [0, 0.05) is 28.9 Å². The molecule has 2 heterocycles. The molecule has 0 saturated heterocycles. The number of nitrogens with one attached hydrogen (secondary N) is 1. The number of carbonyl (C=O) groups excluding carboxylic acids is 1. The zero-order valence-electron chi connectivity index (χ0n) is 9.05. The molecule has 82 valence electrons. The second-order valence-electron chi connectivity index (χ2n) is 3.83. The molecule has 17 heavy (non-hydrogen) atoms. The van der Waals surface area contributed by atoms with E-state index in [2.05, 4.69) is 9.97 Å². The van der Waals surface area contributed by atoms with Crippen molar-refractivity contribution in [3.63, 3.8) is 0 Å². The van der Waals surface area contributed by atoms with Crippen molar-refractivity contribution in [2.45, 2.75) is 0 Å². The Morgan fingerprint density at radius 1 is 1.06 bits per heavy atom. The zero-order valence-corrected chi connectivity index (χ0v) is 9.05. The van der Waals surface area contributed by atoms with Gasteiger partial charge in [0.05, 0.1) is 0 Å². The maximum Gasteiger partial charge on any atom is 0.194 e. The SMILES string of the molecule is O=C(c1ccccc1)c1cnc2[nH]ccc2c1. The molecule has 0 aliphatic heterocycles. The molecule has 0 atom stereocenters. The van der Waals surface area contributed by atoms with Crippen LogP contribution in [0.4, 0.5) is 0 Å². The summed E-state index contributed by atoms with van der Waals surface area (Å²) in [5.41, 5.74) is 2.10. The Hall–Kier alpha value is -2.42. The molecule has 1 aromatic carbocycles. The van der Waals surface area contributed by atoms with Crippen LogP contribution in [0.3, 0.4) is 0 Å². The molecule has 2 aromatic heterocycles. The van der Waals surface area contributed by atoms with Gasteiger partial charge in [-0.1, -0.05) is 30.3 Å². The third-order valence-electron chi connectivity index (χ3n) is 2.70. The molecule has 0 spiro atoms. The van der Waals surface area contributed by atoms with Gasteiger partial charge < -0.3 is 4.98 Å². The van der Waals surface area contributed by atoms with Crippen molar-refractivity contribution in [1.29, 1.82) is 0 Å². The normalized spacial score (nSPS) is 10.6. The maximum absolute atomic E-state index is 12.2. The molecule has 0 aliphatic carbocycles. The maximum atomic E-state index is 12.2. The number of hydrogen-bond acceptors (Lipinski definition) is 2. The Kier molecular flexibility index (Phi) is 2.22. The minimum atomic E-state index is 0.00111. The fraction of sp³-hybridized carbons (Fsp3) is 0. The number of H-pyrrole nitrogens is 1. The molecule has 0 unspecified atom stereocenters. The van der Waals surface area contributed by atoms with Gasteiger partial charge in [-0.3, -0.25) is 4.79 Å². The van der Waals surface area contributed by atoms with Crippen LogP contribution in [0.2, 0.25) is 0 Å². The average Bonchev–Trinajstić information content (AvgIpc) is 2.86. The van der Waals surface area contributed by atoms with Gasteiger partial charge in [0.25, 0.3) is 0 Å². The van der Waals surface area contributed by atoms with E-state index in [0.717, 1.165) is 11.0 Å². The highest BCUT2D eigenvalue weighted by Crippen LogP contribution is 2.14. The largest absolute Gasteiger partial charge is 0.346 e. The smallest absolute Gasteiger partial charge is 0.194 e. The fourth-order valence-corrected chi connectivity index (χ4v) is 1.82. The molecular formula is C14H10N2O. The highest BCUT2D eigenvalue weighted by atomic mass is 16.1. The number of carbonyl (C=O) groups is 1. The average molecular weight is 222 g/mol. The van der Waals surface area contributed by atoms with Gasteiger partial charge in [-0.15, -0.1) is 0 Å². The molecule has 0 aliphatic rings. The monoisotopic (exact) mass is 222 g/mol. The van der Waals surface area contributed by atoms with Gasteiger partial charge in [0.2, 0.25) is 0 Å². The van der Waals surface area contributed by atoms with Crippen molar-refractivity contribution >= 4 is 16.8 Å². The van der Waals surface area contributed by atoms with Gasteiger partial charge in [-0.05, 0) is 12.1 Å². The highest BCUT2D eigenvalue weighted by molar-refractivity contribution is 6.09. The Morgan fingerprint density at radius 3 is 2.71 bits per heavy atom. The summed E-state index contributed by atoms with van der Waals surface area (Å²) in [5.74, 6) is 0.00111. The van der Waals surface area contributed by atoms with Crippen molar-refractivity contribution in [3.8, 4) is 0 Å². The first-order valence-electron chi connectivity index (χ1n) is 5.37. The van der Waals surface area contributed by atoms with E-state index in [0.29, 0.717) is 11.1 Å². The van der Waals surface area contributed by atoms with Crippen molar-refractivity contribution in [2.75, 3.05) is 0 Å². The number of aromatic amines is 1. The molecule has 0 bridgehead atoms. The summed E-state index contributed by atoms with van der Waals surface area (Å²) in [6.07, 6.45) is 3.42. The molecule has 0 fully saturated rings. The Labute approximate surface area is 98.1 Å². The summed E-state index contributed by atoms with van der Waals surface area (Å²) in [4.78, 5) is 19.4. The molecule has 3 nitrogen and oxygen atoms in total. The van der Waals surface area contributed by atoms with Gasteiger partial charge in [0.15, 0.2) is 5.78 Å². The summed E-state index contributed by atoms with van der Waals surface area (Å²) in [6, 6.07) is 13.0. The predicted octanol–water partition coefficient (Wildman–Crippen LogP) is 2.79. The number of pyridine rings is 1. The van der Waals surface area contributed by atoms with Crippen molar-refractivity contribution < 1.29 is 4.79 Å². The number of benzene rings is 1. The Morgan fingerprint density at radius 2 is 1.88 bits per heavy atom. The zero-order chi connectivity index (χ0) is 11.7. The highest BCUT2D eigenvalue weighted by Gasteiger charge is 2.09. The van der Waals surface area contributed by atoms with Gasteiger partial charge in [-0.2, -0.15) is 0 Å². The number of nitrogens with zero attached hydrogens (tertiary/aromatic N) is 1. The van der Waals surface area contributed by atoms with E-state index in [1.165, 1.54) is 0 Å². The predicted molar refractivity (Wildman–Crippen MR) is 66.0 cm³/mol. The summed E-state index contributed by atoms with van der Waals surface area (Å²) in [7, 11) is 0. The lowest BCUT2D eigenvalue weighted by Gasteiger charge is -2.00. The number of hydrogen-bond donors (Lipinski definition) is 1. The minimum absolute atomic E-state index is 0.00111. The summed E-state index contributed by atoms with van der Waals surface area (Å²) in [6.45, 7) is 0. The van der Waals surface area contributed by atoms with Crippen molar-refractivity contribution in [2.24, 2.45) is 0 Å². The second-order valence-corrected chi connectivity index (χ2v) is 3.83. The van der Waals surface area contributed by atoms with Crippen LogP contribution < -0.4 is 0 Å². The number of rotatable bonds is 2. The summed E-state index contributed by atoms with van der Waals surface area (Å²) < 4.78 is 0. The molecule has 3 heteroatoms. The van der Waals surface area contributed by atoms with Crippen LogP contribution in [0.1, 0.15) is 15.9 Å². The molecular weight excluding hydrogens is 212 g/mol. The van der Waals surface area contributed by atoms with E-state index in [1.807, 2.05) is 48.7 Å². The van der Waals surface area contributed by atoms with Crippen LogP contribution in [-0.4, -0.2) is 15.8 Å². The van der Waals surface area contributed by atoms with Crippen LogP contribution in [-0.2, 0) is 0 Å². The van der Waals surface area contributed by atoms with Gasteiger partial charge in [0.1, 0.15) is 5.65 Å². The van der Waals surface area contributed by atoms with Gasteiger partial charge in [-0.25, -0.2) is 4.98 Å². The number of aromatic nitrogens is 2. The lowest BCUT2D eigenvalue weighted by atomic mass is 10.0. The second kappa shape index (κ2) is 3.87. The van der Waals surface area contributed by atoms with E-state index in [9.17, 15) is 4.79 Å². The molecule has 0 amide bonds. The van der Waals surface area contributed by atoms with Crippen LogP contribution >= 0.6 is 0 Å². The Balaban J connectivity index is 2.06. The van der Waals surface area contributed by atoms with E-state index in [-0.39, 0.29) is 5.78 Å². The molecule has 0 saturated carbocycles. The minimum Gasteiger partial charge on any atom is -0.346 e. The van der Waals surface area contributed by atoms with Crippen LogP contribution in [0, 0.1) is 0 Å². The van der Waals surface area contributed by atoms with Crippen molar-refractivity contribution in [3.05, 3.63) is 66.0 Å². The standard InChI is InChI=1S/C14H10N2O/c17-13(10-4-2-1-3-5-10)12-8-11-6-7-15-14(11)16-9-12/h1-9H,(H,15,16). The molecule has 3 rings (SSSR count). The number of ketones is 1. The topological polar surface area (TPSA) is 45.8 Å². The molecule has 1 N–H and O–H groups in total. The first-order valence-corrected chi connectivity index (χ1v) is 5.37. The van der Waals surface area contributed by atoms with E-state index < -0.39 is 0 Å². The van der Waals surface area contributed by atoms with Gasteiger partial charge >= 0.3 is 0 Å². The molecule has 0 radical (unpaired) electrons. The van der Waals surface area contributed by atoms with E-state index >= 15 is 0 Å². The lowest BCUT2D eigenvalue weighted by Crippen LogP contribution is -2.01. The van der Waals surface area contributed by atoms with E-state index in [1.54, 1.807) is 6.20 Å². The first-order chi connectivity index (χ1) is 8.34. The van der Waals surface area contributed by atoms with Crippen LogP contribution in [0.15, 0.2) is 54.9 Å². The third kappa shape index (κ3) is 1.72. The Bertz CT molecular complexity index is 671. The number of fused-ring (bicyclic) bond motifs is 1. The third-order valence-corrected chi connectivity index (χ3v) is 2.70. The summed E-state index contributed by atoms with van der Waals surface area (Å²) in [5, 5.41) is 0.951. The lowest BCUT2D eigenvalue weighted by molar-refractivity contribution is 0.103. The fourth-order valence-electron chi connectivity index (χ4n) is 1.82. The van der Waals surface area contributed by atoms with Crippen LogP contribution in [0.25, 0.3) is 11.0 Å². The van der Waals surface area contributed by atoms with Crippen LogP contribution in [0.5, 0.6) is 0 Å². The van der Waals surface area contributed by atoms with E-state index in [4.69, 9.17) is 0 Å². The summed E-state index contributed by atoms with van der Waals surface area (Å²) >= 11 is 0.